The molecule has 3 aromatic heterocycles. The van der Waals surface area contributed by atoms with E-state index in [-0.39, 0.29) is 0 Å². The Bertz CT molecular complexity index is 989. The molecule has 25 heavy (non-hydrogen) atoms. The Balaban J connectivity index is 1.72. The van der Waals surface area contributed by atoms with Crippen LogP contribution in [0, 0.1) is 6.92 Å². The molecular formula is C19H19N3O2S. The van der Waals surface area contributed by atoms with Crippen molar-refractivity contribution in [3.63, 3.8) is 0 Å². The molecule has 1 aromatic carbocycles. The van der Waals surface area contributed by atoms with E-state index in [1.807, 2.05) is 55.1 Å². The second-order valence-corrected chi connectivity index (χ2v) is 6.87. The first kappa shape index (κ1) is 16.0. The molecule has 0 atom stereocenters. The normalized spacial score (nSPS) is 11.4. The monoisotopic (exact) mass is 353 g/mol. The lowest BCUT2D eigenvalue weighted by Crippen LogP contribution is -2.05. The molecule has 0 aliphatic carbocycles. The summed E-state index contributed by atoms with van der Waals surface area (Å²) >= 11 is 1.82. The van der Waals surface area contributed by atoms with E-state index in [2.05, 4.69) is 16.3 Å². The fourth-order valence-electron chi connectivity index (χ4n) is 2.78. The number of nitrogens with zero attached hydrogens (tertiary/aromatic N) is 3. The van der Waals surface area contributed by atoms with Gasteiger partial charge in [-0.05, 0) is 43.6 Å². The number of imidazole rings is 1. The summed E-state index contributed by atoms with van der Waals surface area (Å²) in [7, 11) is 0. The van der Waals surface area contributed by atoms with Gasteiger partial charge in [0.25, 0.3) is 0 Å². The Morgan fingerprint density at radius 3 is 2.96 bits per heavy atom. The molecule has 4 rings (SSSR count). The molecule has 6 heteroatoms. The van der Waals surface area contributed by atoms with Crippen LogP contribution in [0.3, 0.4) is 0 Å². The Labute approximate surface area is 150 Å². The van der Waals surface area contributed by atoms with Crippen molar-refractivity contribution in [2.24, 2.45) is 0 Å². The summed E-state index contributed by atoms with van der Waals surface area (Å²) in [5.74, 6) is 2.47. The van der Waals surface area contributed by atoms with Gasteiger partial charge in [0.05, 0.1) is 12.8 Å². The molecule has 0 saturated heterocycles. The van der Waals surface area contributed by atoms with Crippen molar-refractivity contribution in [1.29, 1.82) is 0 Å². The van der Waals surface area contributed by atoms with Gasteiger partial charge in [-0.2, -0.15) is 11.8 Å². The van der Waals surface area contributed by atoms with Crippen molar-refractivity contribution < 1.29 is 9.15 Å². The van der Waals surface area contributed by atoms with Crippen LogP contribution in [-0.4, -0.2) is 33.2 Å². The zero-order chi connectivity index (χ0) is 17.2. The van der Waals surface area contributed by atoms with Crippen molar-refractivity contribution in [1.82, 2.24) is 14.6 Å². The number of furan rings is 1. The average molecular weight is 353 g/mol. The number of aryl methyl sites for hydroxylation is 1. The fraction of sp³-hybridized carbons (Fsp3) is 0.263. The van der Waals surface area contributed by atoms with Crippen molar-refractivity contribution in [2.75, 3.05) is 18.6 Å². The topological polar surface area (TPSA) is 52.6 Å². The van der Waals surface area contributed by atoms with E-state index in [9.17, 15) is 0 Å². The number of rotatable bonds is 6. The average Bonchev–Trinajstić information content (AvgIpc) is 3.21. The number of benzene rings is 1. The Morgan fingerprint density at radius 1 is 1.24 bits per heavy atom. The van der Waals surface area contributed by atoms with E-state index in [0.29, 0.717) is 12.5 Å². The Morgan fingerprint density at radius 2 is 2.12 bits per heavy atom. The van der Waals surface area contributed by atoms with Gasteiger partial charge in [0.1, 0.15) is 11.3 Å². The van der Waals surface area contributed by atoms with Crippen LogP contribution >= 0.6 is 11.8 Å². The lowest BCUT2D eigenvalue weighted by molar-refractivity contribution is 0.299. The Hall–Kier alpha value is -2.47. The largest absolute Gasteiger partial charge is 0.476 e. The molecular weight excluding hydrogens is 334 g/mol. The van der Waals surface area contributed by atoms with Crippen LogP contribution in [0.15, 0.2) is 47.0 Å². The molecule has 0 radical (unpaired) electrons. The number of thioether (sulfide) groups is 1. The van der Waals surface area contributed by atoms with Crippen molar-refractivity contribution >= 4 is 28.4 Å². The summed E-state index contributed by atoms with van der Waals surface area (Å²) in [6, 6.07) is 12.0. The predicted molar refractivity (Wildman–Crippen MR) is 101 cm³/mol. The lowest BCUT2D eigenvalue weighted by Gasteiger charge is -2.08. The number of para-hydroxylation sites is 1. The van der Waals surface area contributed by atoms with Crippen LogP contribution in [0.4, 0.5) is 0 Å². The summed E-state index contributed by atoms with van der Waals surface area (Å²) in [5.41, 5.74) is 3.44. The van der Waals surface area contributed by atoms with Crippen molar-refractivity contribution in [3.05, 3.63) is 48.2 Å². The second-order valence-electron chi connectivity index (χ2n) is 5.89. The molecule has 0 fully saturated rings. The van der Waals surface area contributed by atoms with Crippen molar-refractivity contribution in [3.8, 4) is 17.3 Å². The van der Waals surface area contributed by atoms with Gasteiger partial charge in [-0.15, -0.1) is 5.10 Å². The highest BCUT2D eigenvalue weighted by molar-refractivity contribution is 7.98. The molecule has 0 saturated carbocycles. The smallest absolute Gasteiger partial charge is 0.234 e. The standard InChI is InChI=1S/C19H19N3O2S/c1-13-10-18-20-12-15(17-11-14-6-3-4-7-16(14)24-17)22(18)21-19(13)23-8-5-9-25-2/h3-4,6-7,10-12H,5,8-9H2,1-2H3. The van der Waals surface area contributed by atoms with E-state index in [1.165, 1.54) is 0 Å². The van der Waals surface area contributed by atoms with Crippen LogP contribution in [0.2, 0.25) is 0 Å². The highest BCUT2D eigenvalue weighted by Crippen LogP contribution is 2.29. The van der Waals surface area contributed by atoms with Gasteiger partial charge < -0.3 is 9.15 Å². The van der Waals surface area contributed by atoms with Gasteiger partial charge in [0.15, 0.2) is 11.4 Å². The van der Waals surface area contributed by atoms with Crippen LogP contribution in [0.25, 0.3) is 28.1 Å². The first-order valence-electron chi connectivity index (χ1n) is 8.22. The molecule has 0 aliphatic rings. The molecule has 0 spiro atoms. The highest BCUT2D eigenvalue weighted by Gasteiger charge is 2.14. The zero-order valence-corrected chi connectivity index (χ0v) is 15.0. The van der Waals surface area contributed by atoms with Gasteiger partial charge in [0.2, 0.25) is 5.88 Å². The number of aromatic nitrogens is 3. The molecule has 0 amide bonds. The number of hydrogen-bond donors (Lipinski definition) is 0. The lowest BCUT2D eigenvalue weighted by atomic mass is 10.2. The first-order valence-corrected chi connectivity index (χ1v) is 9.62. The van der Waals surface area contributed by atoms with E-state index in [4.69, 9.17) is 9.15 Å². The SMILES string of the molecule is CSCCCOc1nn2c(-c3cc4ccccc4o3)cnc2cc1C. The van der Waals surface area contributed by atoms with Gasteiger partial charge in [0, 0.05) is 10.9 Å². The summed E-state index contributed by atoms with van der Waals surface area (Å²) in [6.07, 6.45) is 4.89. The molecule has 0 bridgehead atoms. The summed E-state index contributed by atoms with van der Waals surface area (Å²) in [6.45, 7) is 2.65. The molecule has 3 heterocycles. The van der Waals surface area contributed by atoms with Gasteiger partial charge in [-0.25, -0.2) is 9.50 Å². The number of fused-ring (bicyclic) bond motifs is 2. The fourth-order valence-corrected chi connectivity index (χ4v) is 3.19. The highest BCUT2D eigenvalue weighted by atomic mass is 32.2. The minimum absolute atomic E-state index is 0.643. The van der Waals surface area contributed by atoms with Crippen LogP contribution in [0.1, 0.15) is 12.0 Å². The summed E-state index contributed by atoms with van der Waals surface area (Å²) in [5, 5.41) is 5.71. The maximum Gasteiger partial charge on any atom is 0.234 e. The van der Waals surface area contributed by atoms with Gasteiger partial charge in [-0.1, -0.05) is 18.2 Å². The van der Waals surface area contributed by atoms with Gasteiger partial charge >= 0.3 is 0 Å². The van der Waals surface area contributed by atoms with Crippen molar-refractivity contribution in [2.45, 2.75) is 13.3 Å². The second kappa shape index (κ2) is 6.80. The third kappa shape index (κ3) is 3.09. The molecule has 0 N–H and O–H groups in total. The third-order valence-corrected chi connectivity index (χ3v) is 4.74. The number of hydrogen-bond acceptors (Lipinski definition) is 5. The molecule has 0 unspecified atom stereocenters. The quantitative estimate of drug-likeness (QED) is 0.475. The van der Waals surface area contributed by atoms with E-state index >= 15 is 0 Å². The molecule has 4 aromatic rings. The van der Waals surface area contributed by atoms with E-state index < -0.39 is 0 Å². The minimum Gasteiger partial charge on any atom is -0.476 e. The van der Waals surface area contributed by atoms with Crippen LogP contribution in [-0.2, 0) is 0 Å². The van der Waals surface area contributed by atoms with Gasteiger partial charge in [-0.3, -0.25) is 0 Å². The third-order valence-electron chi connectivity index (χ3n) is 4.05. The van der Waals surface area contributed by atoms with Crippen LogP contribution in [0.5, 0.6) is 5.88 Å². The summed E-state index contributed by atoms with van der Waals surface area (Å²) < 4.78 is 13.6. The minimum atomic E-state index is 0.643. The Kier molecular flexibility index (Phi) is 4.36. The summed E-state index contributed by atoms with van der Waals surface area (Å²) in [4.78, 5) is 4.46. The molecule has 5 nitrogen and oxygen atoms in total. The molecule has 0 aliphatic heterocycles. The maximum atomic E-state index is 5.96. The van der Waals surface area contributed by atoms with Crippen LogP contribution < -0.4 is 4.74 Å². The van der Waals surface area contributed by atoms with E-state index in [1.54, 1.807) is 10.7 Å². The predicted octanol–water partition coefficient (Wildman–Crippen LogP) is 4.58. The maximum absolute atomic E-state index is 5.96. The van der Waals surface area contributed by atoms with E-state index in [0.717, 1.165) is 45.8 Å². The first-order chi connectivity index (χ1) is 12.3. The zero-order valence-electron chi connectivity index (χ0n) is 14.2. The number of ether oxygens (including phenoxy) is 1. The molecule has 128 valence electrons.